The molecule has 1 unspecified atom stereocenters. The number of nitrogens with two attached hydrogens (primary N) is 1. The highest BCUT2D eigenvalue weighted by molar-refractivity contribution is 6.06. The van der Waals surface area contributed by atoms with Crippen LogP contribution in [0.5, 0.6) is 0 Å². The number of anilines is 1. The largest absolute Gasteiger partial charge is 0.404 e. The summed E-state index contributed by atoms with van der Waals surface area (Å²) in [6.45, 7) is 8.51. The van der Waals surface area contributed by atoms with Crippen LogP contribution in [0, 0.1) is 5.92 Å². The lowest BCUT2D eigenvalue weighted by Gasteiger charge is -2.38. The minimum absolute atomic E-state index is 0.155. The number of rotatable bonds is 10. The van der Waals surface area contributed by atoms with Crippen molar-refractivity contribution in [3.05, 3.63) is 59.9 Å². The number of alkyl halides is 2. The zero-order chi connectivity index (χ0) is 26.6. The van der Waals surface area contributed by atoms with Crippen molar-refractivity contribution in [1.29, 1.82) is 0 Å². The molecular formula is C28H36F2N6O. The molecule has 1 aliphatic carbocycles. The summed E-state index contributed by atoms with van der Waals surface area (Å²) in [6, 6.07) is 9.32. The summed E-state index contributed by atoms with van der Waals surface area (Å²) < 4.78 is 27.7. The molecule has 4 rings (SSSR count). The molecule has 1 aromatic heterocycles. The van der Waals surface area contributed by atoms with Crippen molar-refractivity contribution in [3.8, 4) is 0 Å². The van der Waals surface area contributed by atoms with Gasteiger partial charge in [-0.3, -0.25) is 14.7 Å². The first-order valence-corrected chi connectivity index (χ1v) is 12.9. The highest BCUT2D eigenvalue weighted by Crippen LogP contribution is 2.30. The molecule has 2 aromatic rings. The molecule has 0 spiro atoms. The van der Waals surface area contributed by atoms with Crippen LogP contribution in [0.1, 0.15) is 49.9 Å². The molecule has 2 aliphatic rings. The van der Waals surface area contributed by atoms with Gasteiger partial charge in [0, 0.05) is 73.2 Å². The quantitative estimate of drug-likeness (QED) is 0.402. The summed E-state index contributed by atoms with van der Waals surface area (Å²) in [7, 11) is 0. The minimum atomic E-state index is -2.68. The second kappa shape index (κ2) is 11.4. The SMILES string of the molecule is C=C(/N=C\C(=C/N)C(CNC(=O)c1cccc2nc(NC3CC3)ccc12)N1CCC(F)(F)CC1)C(C)C. The van der Waals surface area contributed by atoms with E-state index < -0.39 is 12.0 Å². The highest BCUT2D eigenvalue weighted by atomic mass is 19.3. The third-order valence-corrected chi connectivity index (χ3v) is 6.96. The first-order valence-electron chi connectivity index (χ1n) is 12.9. The third-order valence-electron chi connectivity index (χ3n) is 6.96. The van der Waals surface area contributed by atoms with Crippen molar-refractivity contribution in [2.24, 2.45) is 16.6 Å². The van der Waals surface area contributed by atoms with Gasteiger partial charge in [0.2, 0.25) is 0 Å². The van der Waals surface area contributed by atoms with Crippen molar-refractivity contribution in [2.75, 3.05) is 25.0 Å². The number of hydrogen-bond acceptors (Lipinski definition) is 6. The lowest BCUT2D eigenvalue weighted by atomic mass is 10.00. The van der Waals surface area contributed by atoms with Crippen LogP contribution in [0.3, 0.4) is 0 Å². The van der Waals surface area contributed by atoms with Gasteiger partial charge in [-0.25, -0.2) is 13.8 Å². The predicted octanol–water partition coefficient (Wildman–Crippen LogP) is 4.72. The van der Waals surface area contributed by atoms with E-state index in [1.54, 1.807) is 12.3 Å². The van der Waals surface area contributed by atoms with E-state index in [0.717, 1.165) is 29.6 Å². The summed E-state index contributed by atoms with van der Waals surface area (Å²) in [5.41, 5.74) is 8.52. The Morgan fingerprint density at radius 3 is 2.65 bits per heavy atom. The number of carbonyl (C=O) groups excluding carboxylic acids is 1. The normalized spacial score (nSPS) is 19.3. The summed E-state index contributed by atoms with van der Waals surface area (Å²) >= 11 is 0. The molecule has 7 nitrogen and oxygen atoms in total. The second-order valence-corrected chi connectivity index (χ2v) is 10.2. The number of aliphatic imine (C=N–C) groups is 1. The van der Waals surface area contributed by atoms with Crippen molar-refractivity contribution in [1.82, 2.24) is 15.2 Å². The van der Waals surface area contributed by atoms with E-state index >= 15 is 0 Å². The fraction of sp³-hybridized carbons (Fsp3) is 0.464. The smallest absolute Gasteiger partial charge is 0.252 e. The molecular weight excluding hydrogens is 474 g/mol. The van der Waals surface area contributed by atoms with E-state index in [2.05, 4.69) is 27.2 Å². The maximum atomic E-state index is 13.9. The molecule has 1 aromatic carbocycles. The molecule has 1 saturated heterocycles. The molecule has 0 radical (unpaired) electrons. The van der Waals surface area contributed by atoms with E-state index in [-0.39, 0.29) is 44.3 Å². The molecule has 198 valence electrons. The molecule has 1 aliphatic heterocycles. The van der Waals surface area contributed by atoms with Gasteiger partial charge in [0.05, 0.1) is 11.6 Å². The molecule has 1 amide bonds. The Bertz CT molecular complexity index is 1190. The maximum Gasteiger partial charge on any atom is 0.252 e. The van der Waals surface area contributed by atoms with Crippen molar-refractivity contribution in [3.63, 3.8) is 0 Å². The molecule has 2 fully saturated rings. The van der Waals surface area contributed by atoms with Crippen LogP contribution in [-0.4, -0.2) is 59.6 Å². The number of likely N-dealkylation sites (tertiary alicyclic amines) is 1. The Morgan fingerprint density at radius 1 is 1.27 bits per heavy atom. The van der Waals surface area contributed by atoms with Gasteiger partial charge < -0.3 is 16.4 Å². The van der Waals surface area contributed by atoms with Gasteiger partial charge in [-0.05, 0) is 43.0 Å². The Kier molecular flexibility index (Phi) is 8.22. The minimum Gasteiger partial charge on any atom is -0.404 e. The van der Waals surface area contributed by atoms with Crippen LogP contribution in [-0.2, 0) is 0 Å². The standard InChI is InChI=1S/C28H36F2N6O/c1-18(2)19(3)32-16-20(15-31)25(36-13-11-28(29,30)12-14-36)17-33-27(37)23-5-4-6-24-22(23)9-10-26(35-24)34-21-7-8-21/h4-6,9-10,15-16,18,21,25H,3,7-8,11-14,17,31H2,1-2H3,(H,33,37)(H,34,35)/b20-15+,32-16-. The first kappa shape index (κ1) is 26.7. The molecule has 2 heterocycles. The Morgan fingerprint density at radius 2 is 2.00 bits per heavy atom. The summed E-state index contributed by atoms with van der Waals surface area (Å²) in [5.74, 6) is -1.99. The number of carbonyl (C=O) groups is 1. The summed E-state index contributed by atoms with van der Waals surface area (Å²) in [5, 5.41) is 7.13. The topological polar surface area (TPSA) is 95.6 Å². The van der Waals surface area contributed by atoms with Gasteiger partial charge >= 0.3 is 0 Å². The van der Waals surface area contributed by atoms with Crippen molar-refractivity contribution < 1.29 is 13.6 Å². The fourth-order valence-corrected chi connectivity index (χ4v) is 4.32. The Labute approximate surface area is 216 Å². The zero-order valence-electron chi connectivity index (χ0n) is 21.5. The maximum absolute atomic E-state index is 13.9. The average Bonchev–Trinajstić information content (AvgIpc) is 3.69. The molecule has 1 atom stereocenters. The molecule has 9 heteroatoms. The zero-order valence-corrected chi connectivity index (χ0v) is 21.5. The third kappa shape index (κ3) is 6.91. The first-order chi connectivity index (χ1) is 17.7. The predicted molar refractivity (Wildman–Crippen MR) is 145 cm³/mol. The number of aromatic nitrogens is 1. The van der Waals surface area contributed by atoms with Gasteiger partial charge in [0.25, 0.3) is 11.8 Å². The number of amides is 1. The lowest BCUT2D eigenvalue weighted by Crippen LogP contribution is -2.50. The van der Waals surface area contributed by atoms with Gasteiger partial charge in [-0.2, -0.15) is 0 Å². The van der Waals surface area contributed by atoms with Crippen LogP contribution in [0.25, 0.3) is 10.9 Å². The molecule has 0 bridgehead atoms. The number of nitrogens with one attached hydrogen (secondary N) is 2. The number of hydrogen-bond donors (Lipinski definition) is 3. The number of nitrogens with zero attached hydrogens (tertiary/aromatic N) is 3. The summed E-state index contributed by atoms with van der Waals surface area (Å²) in [4.78, 5) is 24.3. The number of benzene rings is 1. The number of pyridine rings is 1. The molecule has 1 saturated carbocycles. The van der Waals surface area contributed by atoms with Crippen molar-refractivity contribution >= 4 is 28.8 Å². The van der Waals surface area contributed by atoms with E-state index in [9.17, 15) is 13.6 Å². The number of piperidine rings is 1. The van der Waals surface area contributed by atoms with Gasteiger partial charge in [-0.1, -0.05) is 26.5 Å². The monoisotopic (exact) mass is 510 g/mol. The molecule has 4 N–H and O–H groups in total. The average molecular weight is 511 g/mol. The van der Waals surface area contributed by atoms with E-state index in [0.29, 0.717) is 22.9 Å². The lowest BCUT2D eigenvalue weighted by molar-refractivity contribution is -0.0598. The summed E-state index contributed by atoms with van der Waals surface area (Å²) in [6.07, 6.45) is 4.87. The number of allylic oxidation sites excluding steroid dienone is 1. The second-order valence-electron chi connectivity index (χ2n) is 10.2. The number of fused-ring (bicyclic) bond motifs is 1. The fourth-order valence-electron chi connectivity index (χ4n) is 4.32. The van der Waals surface area contributed by atoms with Crippen LogP contribution < -0.4 is 16.4 Å². The Balaban J connectivity index is 1.52. The molecule has 37 heavy (non-hydrogen) atoms. The van der Waals surface area contributed by atoms with Gasteiger partial charge in [0.15, 0.2) is 0 Å². The van der Waals surface area contributed by atoms with Crippen LogP contribution in [0.15, 0.2) is 59.4 Å². The highest BCUT2D eigenvalue weighted by Gasteiger charge is 2.37. The van der Waals surface area contributed by atoms with E-state index in [4.69, 9.17) is 5.73 Å². The van der Waals surface area contributed by atoms with Crippen molar-refractivity contribution in [2.45, 2.75) is 57.5 Å². The van der Waals surface area contributed by atoms with Crippen LogP contribution >= 0.6 is 0 Å². The number of halogens is 2. The van der Waals surface area contributed by atoms with E-state index in [1.165, 1.54) is 6.20 Å². The van der Waals surface area contributed by atoms with Gasteiger partial charge in [0.1, 0.15) is 5.82 Å². The Hall–Kier alpha value is -3.33. The van der Waals surface area contributed by atoms with E-state index in [1.807, 2.05) is 43.0 Å². The van der Waals surface area contributed by atoms with Crippen LogP contribution in [0.2, 0.25) is 0 Å². The van der Waals surface area contributed by atoms with Crippen LogP contribution in [0.4, 0.5) is 14.6 Å². The van der Waals surface area contributed by atoms with Gasteiger partial charge in [-0.15, -0.1) is 0 Å².